The van der Waals surface area contributed by atoms with Gasteiger partial charge in [0.1, 0.15) is 11.3 Å². The van der Waals surface area contributed by atoms with Gasteiger partial charge in [0.2, 0.25) is 11.7 Å². The van der Waals surface area contributed by atoms with Crippen LogP contribution in [0.15, 0.2) is 76.1 Å². The lowest BCUT2D eigenvalue weighted by Gasteiger charge is -2.08. The molecule has 0 atom stereocenters. The van der Waals surface area contributed by atoms with Crippen molar-refractivity contribution in [3.63, 3.8) is 0 Å². The Labute approximate surface area is 173 Å². The van der Waals surface area contributed by atoms with Gasteiger partial charge in [-0.1, -0.05) is 33.2 Å². The summed E-state index contributed by atoms with van der Waals surface area (Å²) < 4.78 is 17.0. The Kier molecular flexibility index (Phi) is 5.57. The summed E-state index contributed by atoms with van der Waals surface area (Å²) in [6, 6.07) is 14.1. The van der Waals surface area contributed by atoms with Crippen molar-refractivity contribution >= 4 is 21.9 Å². The predicted molar refractivity (Wildman–Crippen MR) is 105 cm³/mol. The van der Waals surface area contributed by atoms with Crippen molar-refractivity contribution in [2.24, 2.45) is 0 Å². The zero-order valence-electron chi connectivity index (χ0n) is 14.9. The largest absolute Gasteiger partial charge is 0.452 e. The number of carbonyl (C=O) groups excluding carboxylic acids is 1. The number of rotatable bonds is 6. The minimum atomic E-state index is -0.626. The molecule has 0 amide bonds. The van der Waals surface area contributed by atoms with Gasteiger partial charge < -0.3 is 14.0 Å². The summed E-state index contributed by atoms with van der Waals surface area (Å²) in [4.78, 5) is 24.8. The summed E-state index contributed by atoms with van der Waals surface area (Å²) in [6.07, 6.45) is 4.66. The molecule has 0 spiro atoms. The Hall–Kier alpha value is -3.59. The van der Waals surface area contributed by atoms with Gasteiger partial charge in [-0.3, -0.25) is 4.98 Å². The number of hydrogen-bond donors (Lipinski definition) is 0. The van der Waals surface area contributed by atoms with Crippen LogP contribution in [-0.2, 0) is 11.3 Å². The van der Waals surface area contributed by atoms with Gasteiger partial charge >= 0.3 is 5.97 Å². The number of hydrogen-bond acceptors (Lipinski definition) is 8. The maximum atomic E-state index is 12.5. The molecule has 0 fully saturated rings. The van der Waals surface area contributed by atoms with E-state index in [1.54, 1.807) is 30.5 Å². The van der Waals surface area contributed by atoms with Crippen LogP contribution in [0.5, 0.6) is 11.6 Å². The van der Waals surface area contributed by atoms with Crippen LogP contribution in [0.2, 0.25) is 0 Å². The molecule has 29 heavy (non-hydrogen) atoms. The van der Waals surface area contributed by atoms with E-state index in [4.69, 9.17) is 14.0 Å². The molecular weight excluding hydrogens is 440 g/mol. The van der Waals surface area contributed by atoms with Crippen LogP contribution < -0.4 is 4.74 Å². The van der Waals surface area contributed by atoms with Crippen molar-refractivity contribution in [3.05, 3.63) is 83.0 Å². The highest BCUT2D eigenvalue weighted by Crippen LogP contribution is 2.23. The van der Waals surface area contributed by atoms with Crippen LogP contribution in [0.3, 0.4) is 0 Å². The van der Waals surface area contributed by atoms with Crippen molar-refractivity contribution in [1.29, 1.82) is 0 Å². The van der Waals surface area contributed by atoms with Gasteiger partial charge in [0.15, 0.2) is 6.61 Å². The first-order valence-corrected chi connectivity index (χ1v) is 9.27. The first kappa shape index (κ1) is 18.8. The minimum Gasteiger partial charge on any atom is -0.452 e. The molecule has 0 saturated heterocycles. The Morgan fingerprint density at radius 2 is 2.00 bits per heavy atom. The van der Waals surface area contributed by atoms with Crippen LogP contribution in [0.1, 0.15) is 16.2 Å². The van der Waals surface area contributed by atoms with Gasteiger partial charge in [0.25, 0.3) is 5.89 Å². The molecule has 0 saturated carbocycles. The molecular formula is C20H13BrN4O4. The zero-order valence-corrected chi connectivity index (χ0v) is 16.4. The maximum Gasteiger partial charge on any atom is 0.344 e. The van der Waals surface area contributed by atoms with Crippen LogP contribution in [-0.4, -0.2) is 26.1 Å². The molecule has 3 heterocycles. The van der Waals surface area contributed by atoms with E-state index in [2.05, 4.69) is 36.0 Å². The highest BCUT2D eigenvalue weighted by Gasteiger charge is 2.18. The highest BCUT2D eigenvalue weighted by atomic mass is 79.9. The standard InChI is InChI=1S/C20H13BrN4O4/c21-14-5-1-4-13(10-14)18-24-17(29-25-18)12-27-20(26)16-7-3-9-23-19(16)28-15-6-2-8-22-11-15/h1-11H,12H2. The van der Waals surface area contributed by atoms with Crippen molar-refractivity contribution in [2.45, 2.75) is 6.61 Å². The number of nitrogens with zero attached hydrogens (tertiary/aromatic N) is 4. The number of halogens is 1. The number of ether oxygens (including phenoxy) is 2. The first-order valence-electron chi connectivity index (χ1n) is 8.47. The maximum absolute atomic E-state index is 12.5. The normalized spacial score (nSPS) is 10.5. The topological polar surface area (TPSA) is 100 Å². The van der Waals surface area contributed by atoms with Crippen molar-refractivity contribution < 1.29 is 18.8 Å². The second-order valence-corrected chi connectivity index (χ2v) is 6.66. The van der Waals surface area contributed by atoms with Gasteiger partial charge in [-0.2, -0.15) is 4.98 Å². The molecule has 0 N–H and O–H groups in total. The summed E-state index contributed by atoms with van der Waals surface area (Å²) in [6.45, 7) is -0.180. The average Bonchev–Trinajstić information content (AvgIpc) is 3.22. The van der Waals surface area contributed by atoms with Crippen LogP contribution in [0.25, 0.3) is 11.4 Å². The van der Waals surface area contributed by atoms with E-state index in [0.29, 0.717) is 11.6 Å². The molecule has 1 aromatic carbocycles. The Bertz CT molecular complexity index is 1130. The molecule has 0 radical (unpaired) electrons. The molecule has 9 heteroatoms. The number of benzene rings is 1. The first-order chi connectivity index (χ1) is 14.2. The van der Waals surface area contributed by atoms with Gasteiger partial charge in [0.05, 0.1) is 6.20 Å². The van der Waals surface area contributed by atoms with E-state index in [1.165, 1.54) is 12.4 Å². The summed E-state index contributed by atoms with van der Waals surface area (Å²) in [7, 11) is 0. The molecule has 3 aromatic heterocycles. The predicted octanol–water partition coefficient (Wildman–Crippen LogP) is 4.44. The summed E-state index contributed by atoms with van der Waals surface area (Å²) >= 11 is 3.40. The van der Waals surface area contributed by atoms with E-state index >= 15 is 0 Å². The molecule has 0 bridgehead atoms. The fourth-order valence-corrected chi connectivity index (χ4v) is 2.81. The third-order valence-corrected chi connectivity index (χ3v) is 4.21. The lowest BCUT2D eigenvalue weighted by atomic mass is 10.2. The number of esters is 1. The monoisotopic (exact) mass is 452 g/mol. The van der Waals surface area contributed by atoms with Gasteiger partial charge in [-0.25, -0.2) is 9.78 Å². The lowest BCUT2D eigenvalue weighted by molar-refractivity contribution is 0.0426. The third kappa shape index (κ3) is 4.64. The van der Waals surface area contributed by atoms with Crippen molar-refractivity contribution in [3.8, 4) is 23.0 Å². The van der Waals surface area contributed by atoms with Gasteiger partial charge in [0, 0.05) is 22.4 Å². The lowest BCUT2D eigenvalue weighted by Crippen LogP contribution is -2.08. The molecule has 144 valence electrons. The SMILES string of the molecule is O=C(OCc1nc(-c2cccc(Br)c2)no1)c1cccnc1Oc1cccnc1. The van der Waals surface area contributed by atoms with E-state index < -0.39 is 5.97 Å². The smallest absolute Gasteiger partial charge is 0.344 e. The van der Waals surface area contributed by atoms with Crippen molar-refractivity contribution in [2.75, 3.05) is 0 Å². The van der Waals surface area contributed by atoms with E-state index in [9.17, 15) is 4.79 Å². The van der Waals surface area contributed by atoms with Crippen LogP contribution >= 0.6 is 15.9 Å². The van der Waals surface area contributed by atoms with Gasteiger partial charge in [-0.15, -0.1) is 0 Å². The number of carbonyl (C=O) groups is 1. The highest BCUT2D eigenvalue weighted by molar-refractivity contribution is 9.10. The van der Waals surface area contributed by atoms with E-state index in [1.807, 2.05) is 24.3 Å². The Balaban J connectivity index is 1.44. The molecule has 4 rings (SSSR count). The fraction of sp³-hybridized carbons (Fsp3) is 0.0500. The molecule has 0 aliphatic carbocycles. The molecule has 8 nitrogen and oxygen atoms in total. The molecule has 0 aliphatic heterocycles. The summed E-state index contributed by atoms with van der Waals surface area (Å²) in [5.41, 5.74) is 0.947. The molecule has 0 unspecified atom stereocenters. The third-order valence-electron chi connectivity index (χ3n) is 3.72. The van der Waals surface area contributed by atoms with Crippen LogP contribution in [0, 0.1) is 0 Å². The Morgan fingerprint density at radius 3 is 2.83 bits per heavy atom. The second-order valence-electron chi connectivity index (χ2n) is 5.75. The Morgan fingerprint density at radius 1 is 1.10 bits per heavy atom. The average molecular weight is 453 g/mol. The number of pyridine rings is 2. The summed E-state index contributed by atoms with van der Waals surface area (Å²) in [5, 5.41) is 3.91. The van der Waals surface area contributed by atoms with E-state index in [-0.39, 0.29) is 23.9 Å². The quantitative estimate of drug-likeness (QED) is 0.395. The minimum absolute atomic E-state index is 0.117. The van der Waals surface area contributed by atoms with Crippen LogP contribution in [0.4, 0.5) is 0 Å². The van der Waals surface area contributed by atoms with E-state index in [0.717, 1.165) is 10.0 Å². The fourth-order valence-electron chi connectivity index (χ4n) is 2.41. The van der Waals surface area contributed by atoms with Gasteiger partial charge in [-0.05, 0) is 36.4 Å². The van der Waals surface area contributed by atoms with Crippen molar-refractivity contribution in [1.82, 2.24) is 20.1 Å². The zero-order chi connectivity index (χ0) is 20.1. The summed E-state index contributed by atoms with van der Waals surface area (Å²) in [5.74, 6) is 0.520. The molecule has 4 aromatic rings. The molecule has 0 aliphatic rings. The number of aromatic nitrogens is 4. The second kappa shape index (κ2) is 8.61.